The molecule has 1 rings (SSSR count). The Morgan fingerprint density at radius 1 is 1.31 bits per heavy atom. The smallest absolute Gasteiger partial charge is 0.350 e. The monoisotopic (exact) mass is 228 g/mol. The van der Waals surface area contributed by atoms with Gasteiger partial charge in [-0.1, -0.05) is 20.3 Å². The summed E-state index contributed by atoms with van der Waals surface area (Å²) < 4.78 is 10.2. The summed E-state index contributed by atoms with van der Waals surface area (Å²) in [5.41, 5.74) is -1.01. The van der Waals surface area contributed by atoms with Gasteiger partial charge < -0.3 is 9.47 Å². The minimum absolute atomic E-state index is 0.292. The van der Waals surface area contributed by atoms with Gasteiger partial charge in [0.15, 0.2) is 0 Å². The van der Waals surface area contributed by atoms with E-state index in [1.54, 1.807) is 0 Å². The molecule has 92 valence electrons. The van der Waals surface area contributed by atoms with E-state index in [9.17, 15) is 9.59 Å². The highest BCUT2D eigenvalue weighted by Gasteiger charge is 2.43. The molecule has 1 fully saturated rings. The molecule has 0 spiro atoms. The van der Waals surface area contributed by atoms with E-state index in [2.05, 4.69) is 0 Å². The zero-order valence-corrected chi connectivity index (χ0v) is 10.0. The summed E-state index contributed by atoms with van der Waals surface area (Å²) in [6.07, 6.45) is 4.07. The molecule has 0 aromatic carbocycles. The maximum absolute atomic E-state index is 11.9. The van der Waals surface area contributed by atoms with Gasteiger partial charge in [0, 0.05) is 0 Å². The molecule has 0 atom stereocenters. The van der Waals surface area contributed by atoms with Crippen LogP contribution in [-0.4, -0.2) is 24.6 Å². The van der Waals surface area contributed by atoms with E-state index in [0.717, 1.165) is 19.3 Å². The minimum atomic E-state index is -1.01. The van der Waals surface area contributed by atoms with Crippen LogP contribution in [0.25, 0.3) is 0 Å². The van der Waals surface area contributed by atoms with Crippen LogP contribution in [0.15, 0.2) is 0 Å². The average molecular weight is 228 g/mol. The largest absolute Gasteiger partial charge is 0.462 e. The Balaban J connectivity index is 2.60. The molecule has 0 aliphatic heterocycles. The standard InChI is InChI=1S/C12H20O4/c1-10(2)8-15-11(14)12(16-9-13)6-4-3-5-7-12/h9-10H,3-8H2,1-2H3. The molecule has 0 aromatic heterocycles. The lowest BCUT2D eigenvalue weighted by molar-refractivity contribution is -0.180. The Kier molecular flexibility index (Phi) is 4.77. The van der Waals surface area contributed by atoms with E-state index in [1.165, 1.54) is 0 Å². The molecular weight excluding hydrogens is 208 g/mol. The molecule has 0 heterocycles. The van der Waals surface area contributed by atoms with Gasteiger partial charge in [0.05, 0.1) is 6.61 Å². The molecule has 0 N–H and O–H groups in total. The lowest BCUT2D eigenvalue weighted by Gasteiger charge is -2.32. The SMILES string of the molecule is CC(C)COC(=O)C1(OC=O)CCCCC1. The fourth-order valence-electron chi connectivity index (χ4n) is 1.96. The van der Waals surface area contributed by atoms with Crippen molar-refractivity contribution in [2.75, 3.05) is 6.61 Å². The van der Waals surface area contributed by atoms with Crippen LogP contribution in [0.3, 0.4) is 0 Å². The number of carbonyl (C=O) groups is 2. The lowest BCUT2D eigenvalue weighted by Crippen LogP contribution is -2.44. The summed E-state index contributed by atoms with van der Waals surface area (Å²) in [6.45, 7) is 4.69. The number of esters is 1. The first kappa shape index (κ1) is 13.0. The Labute approximate surface area is 96.3 Å². The minimum Gasteiger partial charge on any atom is -0.462 e. The van der Waals surface area contributed by atoms with E-state index in [1.807, 2.05) is 13.8 Å². The van der Waals surface area contributed by atoms with Crippen LogP contribution in [0.2, 0.25) is 0 Å². The molecule has 0 unspecified atom stereocenters. The highest BCUT2D eigenvalue weighted by molar-refractivity contribution is 5.81. The van der Waals surface area contributed by atoms with Crippen molar-refractivity contribution in [1.29, 1.82) is 0 Å². The summed E-state index contributed by atoms with van der Waals surface area (Å²) in [5, 5.41) is 0. The average Bonchev–Trinajstić information content (AvgIpc) is 2.27. The van der Waals surface area contributed by atoms with E-state index >= 15 is 0 Å². The van der Waals surface area contributed by atoms with Crippen LogP contribution in [0.1, 0.15) is 46.0 Å². The third kappa shape index (κ3) is 3.22. The molecule has 1 aliphatic carbocycles. The van der Waals surface area contributed by atoms with E-state index < -0.39 is 5.60 Å². The molecule has 1 saturated carbocycles. The lowest BCUT2D eigenvalue weighted by atomic mass is 9.84. The molecule has 0 saturated heterocycles. The number of carbonyl (C=O) groups excluding carboxylic acids is 2. The topological polar surface area (TPSA) is 52.6 Å². The maximum Gasteiger partial charge on any atom is 0.350 e. The molecule has 4 nitrogen and oxygen atoms in total. The highest BCUT2D eigenvalue weighted by Crippen LogP contribution is 2.32. The van der Waals surface area contributed by atoms with E-state index in [0.29, 0.717) is 31.8 Å². The molecule has 0 radical (unpaired) electrons. The highest BCUT2D eigenvalue weighted by atomic mass is 16.6. The van der Waals surface area contributed by atoms with Gasteiger partial charge in [-0.3, -0.25) is 4.79 Å². The van der Waals surface area contributed by atoms with E-state index in [4.69, 9.17) is 9.47 Å². The summed E-state index contributed by atoms with van der Waals surface area (Å²) >= 11 is 0. The number of rotatable bonds is 5. The number of hydrogen-bond donors (Lipinski definition) is 0. The summed E-state index contributed by atoms with van der Waals surface area (Å²) in [4.78, 5) is 22.4. The van der Waals surface area contributed by atoms with Gasteiger partial charge in [-0.15, -0.1) is 0 Å². The van der Waals surface area contributed by atoms with Gasteiger partial charge in [0.1, 0.15) is 0 Å². The van der Waals surface area contributed by atoms with Gasteiger partial charge in [-0.25, -0.2) is 4.79 Å². The predicted octanol–water partition coefficient (Wildman–Crippen LogP) is 2.06. The zero-order valence-electron chi connectivity index (χ0n) is 10.0. The Morgan fingerprint density at radius 3 is 2.44 bits per heavy atom. The summed E-state index contributed by atoms with van der Waals surface area (Å²) in [7, 11) is 0. The van der Waals surface area contributed by atoms with Crippen molar-refractivity contribution in [3.05, 3.63) is 0 Å². The maximum atomic E-state index is 11.9. The van der Waals surface area contributed by atoms with Gasteiger partial charge >= 0.3 is 5.97 Å². The van der Waals surface area contributed by atoms with Crippen molar-refractivity contribution in [2.24, 2.45) is 5.92 Å². The first-order valence-corrected chi connectivity index (χ1v) is 5.89. The van der Waals surface area contributed by atoms with Crippen LogP contribution in [0.5, 0.6) is 0 Å². The van der Waals surface area contributed by atoms with Gasteiger partial charge in [0.25, 0.3) is 6.47 Å². The molecule has 4 heteroatoms. The molecule has 0 amide bonds. The third-order valence-electron chi connectivity index (χ3n) is 2.85. The van der Waals surface area contributed by atoms with Crippen molar-refractivity contribution >= 4 is 12.4 Å². The molecule has 1 aliphatic rings. The molecule has 0 aromatic rings. The van der Waals surface area contributed by atoms with Gasteiger partial charge in [-0.2, -0.15) is 0 Å². The summed E-state index contributed by atoms with van der Waals surface area (Å²) in [6, 6.07) is 0. The Bertz CT molecular complexity index is 241. The van der Waals surface area contributed by atoms with E-state index in [-0.39, 0.29) is 5.97 Å². The first-order chi connectivity index (χ1) is 7.60. The van der Waals surface area contributed by atoms with Crippen molar-refractivity contribution in [1.82, 2.24) is 0 Å². The van der Waals surface area contributed by atoms with Crippen LogP contribution in [0, 0.1) is 5.92 Å². The van der Waals surface area contributed by atoms with Crippen molar-refractivity contribution in [3.8, 4) is 0 Å². The fraction of sp³-hybridized carbons (Fsp3) is 0.833. The second kappa shape index (κ2) is 5.87. The third-order valence-corrected chi connectivity index (χ3v) is 2.85. The van der Waals surface area contributed by atoms with Gasteiger partial charge in [-0.05, 0) is 31.6 Å². The van der Waals surface area contributed by atoms with Crippen LogP contribution in [-0.2, 0) is 19.1 Å². The molecule has 0 bridgehead atoms. The number of ether oxygens (including phenoxy) is 2. The quantitative estimate of drug-likeness (QED) is 0.534. The van der Waals surface area contributed by atoms with Crippen LogP contribution < -0.4 is 0 Å². The van der Waals surface area contributed by atoms with Crippen LogP contribution >= 0.6 is 0 Å². The van der Waals surface area contributed by atoms with Gasteiger partial charge in [0.2, 0.25) is 5.60 Å². The predicted molar refractivity (Wildman–Crippen MR) is 58.8 cm³/mol. The van der Waals surface area contributed by atoms with Crippen molar-refractivity contribution < 1.29 is 19.1 Å². The van der Waals surface area contributed by atoms with Crippen molar-refractivity contribution in [3.63, 3.8) is 0 Å². The number of hydrogen-bond acceptors (Lipinski definition) is 4. The molecule has 16 heavy (non-hydrogen) atoms. The molecular formula is C12H20O4. The summed E-state index contributed by atoms with van der Waals surface area (Å²) in [5.74, 6) is -0.0891. The first-order valence-electron chi connectivity index (χ1n) is 5.89. The second-order valence-electron chi connectivity index (χ2n) is 4.76. The second-order valence-corrected chi connectivity index (χ2v) is 4.76. The zero-order chi connectivity index (χ0) is 12.0. The van der Waals surface area contributed by atoms with Crippen LogP contribution in [0.4, 0.5) is 0 Å². The Hall–Kier alpha value is -1.06. The normalized spacial score (nSPS) is 19.2. The Morgan fingerprint density at radius 2 is 1.94 bits per heavy atom. The fourth-order valence-corrected chi connectivity index (χ4v) is 1.96. The van der Waals surface area contributed by atoms with Crippen molar-refractivity contribution in [2.45, 2.75) is 51.6 Å².